The number of ether oxygens (including phenoxy) is 1. The summed E-state index contributed by atoms with van der Waals surface area (Å²) in [6, 6.07) is 12.0. The number of methoxy groups -OCH3 is 1. The average Bonchev–Trinajstić information content (AvgIpc) is 3.47. The molecule has 0 saturated heterocycles. The highest BCUT2D eigenvalue weighted by molar-refractivity contribution is 5.95. The van der Waals surface area contributed by atoms with Crippen molar-refractivity contribution in [3.8, 4) is 16.9 Å². The maximum Gasteiger partial charge on any atom is 0.254 e. The van der Waals surface area contributed by atoms with Crippen molar-refractivity contribution < 1.29 is 13.9 Å². The zero-order valence-electron chi connectivity index (χ0n) is 14.5. The Bertz CT molecular complexity index is 772. The largest absolute Gasteiger partial charge is 0.497 e. The van der Waals surface area contributed by atoms with Crippen molar-refractivity contribution in [3.05, 3.63) is 53.8 Å². The SMILES string of the molecule is COc1ccc(-c2ccc(C(=O)NC(C)(CN)C3CC3)c(F)c2)cc1. The van der Waals surface area contributed by atoms with E-state index >= 15 is 0 Å². The molecule has 1 unspecified atom stereocenters. The van der Waals surface area contributed by atoms with E-state index < -0.39 is 17.3 Å². The Morgan fingerprint density at radius 1 is 1.24 bits per heavy atom. The zero-order chi connectivity index (χ0) is 18.0. The van der Waals surface area contributed by atoms with E-state index in [0.717, 1.165) is 24.2 Å². The van der Waals surface area contributed by atoms with Crippen molar-refractivity contribution in [2.24, 2.45) is 11.7 Å². The number of carbonyl (C=O) groups is 1. The second-order valence-corrected chi connectivity index (χ2v) is 6.77. The van der Waals surface area contributed by atoms with Gasteiger partial charge in [-0.05, 0) is 61.1 Å². The third-order valence-electron chi connectivity index (χ3n) is 4.94. The van der Waals surface area contributed by atoms with E-state index in [1.807, 2.05) is 31.2 Å². The summed E-state index contributed by atoms with van der Waals surface area (Å²) in [7, 11) is 1.60. The molecule has 0 heterocycles. The van der Waals surface area contributed by atoms with Gasteiger partial charge in [-0.2, -0.15) is 0 Å². The molecule has 132 valence electrons. The smallest absolute Gasteiger partial charge is 0.254 e. The maximum atomic E-state index is 14.5. The summed E-state index contributed by atoms with van der Waals surface area (Å²) in [5.41, 5.74) is 6.95. The maximum absolute atomic E-state index is 14.5. The average molecular weight is 342 g/mol. The molecule has 0 bridgehead atoms. The van der Waals surface area contributed by atoms with Gasteiger partial charge in [-0.25, -0.2) is 4.39 Å². The number of amides is 1. The Balaban J connectivity index is 1.80. The van der Waals surface area contributed by atoms with Gasteiger partial charge in [0.2, 0.25) is 0 Å². The van der Waals surface area contributed by atoms with Gasteiger partial charge in [-0.3, -0.25) is 4.79 Å². The lowest BCUT2D eigenvalue weighted by molar-refractivity contribution is 0.0893. The van der Waals surface area contributed by atoms with Crippen LogP contribution >= 0.6 is 0 Å². The Morgan fingerprint density at radius 3 is 2.40 bits per heavy atom. The minimum atomic E-state index is -0.541. The molecule has 1 atom stereocenters. The fourth-order valence-corrected chi connectivity index (χ4v) is 3.03. The molecule has 3 N–H and O–H groups in total. The first kappa shape index (κ1) is 17.4. The highest BCUT2D eigenvalue weighted by Gasteiger charge is 2.41. The summed E-state index contributed by atoms with van der Waals surface area (Å²) in [5.74, 6) is 0.157. The normalized spacial score (nSPS) is 16.2. The van der Waals surface area contributed by atoms with E-state index in [1.54, 1.807) is 13.2 Å². The minimum Gasteiger partial charge on any atom is -0.497 e. The number of halogens is 1. The monoisotopic (exact) mass is 342 g/mol. The molecule has 1 aliphatic rings. The van der Waals surface area contributed by atoms with Gasteiger partial charge < -0.3 is 15.8 Å². The van der Waals surface area contributed by atoms with Crippen LogP contribution in [0, 0.1) is 11.7 Å². The zero-order valence-corrected chi connectivity index (χ0v) is 14.5. The van der Waals surface area contributed by atoms with Crippen LogP contribution in [0.25, 0.3) is 11.1 Å². The van der Waals surface area contributed by atoms with Crippen molar-refractivity contribution in [3.63, 3.8) is 0 Å². The Morgan fingerprint density at radius 2 is 1.88 bits per heavy atom. The summed E-state index contributed by atoms with van der Waals surface area (Å²) in [4.78, 5) is 12.5. The third kappa shape index (κ3) is 3.66. The molecule has 0 aromatic heterocycles. The number of nitrogens with two attached hydrogens (primary N) is 1. The molecule has 3 rings (SSSR count). The fourth-order valence-electron chi connectivity index (χ4n) is 3.03. The van der Waals surface area contributed by atoms with Crippen LogP contribution < -0.4 is 15.8 Å². The lowest BCUT2D eigenvalue weighted by Gasteiger charge is -2.29. The number of hydrogen-bond acceptors (Lipinski definition) is 3. The first-order chi connectivity index (χ1) is 12.0. The van der Waals surface area contributed by atoms with Crippen LogP contribution in [0.4, 0.5) is 4.39 Å². The Hall–Kier alpha value is -2.40. The number of carbonyl (C=O) groups excluding carboxylic acids is 1. The summed E-state index contributed by atoms with van der Waals surface area (Å²) < 4.78 is 19.6. The van der Waals surface area contributed by atoms with Crippen molar-refractivity contribution in [1.82, 2.24) is 5.32 Å². The molecule has 2 aromatic carbocycles. The van der Waals surface area contributed by atoms with Gasteiger partial charge >= 0.3 is 0 Å². The Labute approximate surface area is 147 Å². The third-order valence-corrected chi connectivity index (χ3v) is 4.94. The molecule has 0 radical (unpaired) electrons. The van der Waals surface area contributed by atoms with Crippen molar-refractivity contribution in [2.75, 3.05) is 13.7 Å². The molecule has 0 spiro atoms. The molecule has 1 aliphatic carbocycles. The molecule has 25 heavy (non-hydrogen) atoms. The topological polar surface area (TPSA) is 64.3 Å². The molecule has 1 fully saturated rings. The van der Waals surface area contributed by atoms with Gasteiger partial charge in [0, 0.05) is 6.54 Å². The number of rotatable bonds is 6. The predicted octanol–water partition coefficient (Wildman–Crippen LogP) is 3.36. The molecular weight excluding hydrogens is 319 g/mol. The van der Waals surface area contributed by atoms with Crippen LogP contribution in [0.5, 0.6) is 5.75 Å². The number of hydrogen-bond donors (Lipinski definition) is 2. The Kier molecular flexibility index (Phi) is 4.77. The van der Waals surface area contributed by atoms with E-state index in [2.05, 4.69) is 5.32 Å². The van der Waals surface area contributed by atoms with Crippen molar-refractivity contribution in [1.29, 1.82) is 0 Å². The summed E-state index contributed by atoms with van der Waals surface area (Å²) in [6.45, 7) is 2.27. The summed E-state index contributed by atoms with van der Waals surface area (Å²) >= 11 is 0. The highest BCUT2D eigenvalue weighted by Crippen LogP contribution is 2.39. The standard InChI is InChI=1S/C20H23FN2O2/c1-20(12-22,15-6-7-15)23-19(24)17-10-5-14(11-18(17)21)13-3-8-16(25-2)9-4-13/h3-5,8-11,15H,6-7,12,22H2,1-2H3,(H,23,24). The molecule has 2 aromatic rings. The van der Waals surface area contributed by atoms with Gasteiger partial charge in [0.25, 0.3) is 5.91 Å². The first-order valence-electron chi connectivity index (χ1n) is 8.43. The van der Waals surface area contributed by atoms with Crippen LogP contribution in [0.3, 0.4) is 0 Å². The summed E-state index contributed by atoms with van der Waals surface area (Å²) in [6.07, 6.45) is 2.10. The van der Waals surface area contributed by atoms with Crippen molar-refractivity contribution >= 4 is 5.91 Å². The lowest BCUT2D eigenvalue weighted by Crippen LogP contribution is -2.53. The van der Waals surface area contributed by atoms with Crippen LogP contribution in [-0.2, 0) is 0 Å². The number of nitrogens with one attached hydrogen (secondary N) is 1. The molecule has 1 amide bonds. The fraction of sp³-hybridized carbons (Fsp3) is 0.350. The molecule has 4 nitrogen and oxygen atoms in total. The summed E-state index contributed by atoms with van der Waals surface area (Å²) in [5, 5.41) is 2.92. The van der Waals surface area contributed by atoms with E-state index in [-0.39, 0.29) is 5.56 Å². The van der Waals surface area contributed by atoms with E-state index in [9.17, 15) is 9.18 Å². The predicted molar refractivity (Wildman–Crippen MR) is 96.0 cm³/mol. The second-order valence-electron chi connectivity index (χ2n) is 6.77. The van der Waals surface area contributed by atoms with E-state index in [1.165, 1.54) is 12.1 Å². The van der Waals surface area contributed by atoms with Gasteiger partial charge in [-0.1, -0.05) is 18.2 Å². The molecule has 5 heteroatoms. The highest BCUT2D eigenvalue weighted by atomic mass is 19.1. The van der Waals surface area contributed by atoms with Gasteiger partial charge in [-0.15, -0.1) is 0 Å². The van der Waals surface area contributed by atoms with Gasteiger partial charge in [0.1, 0.15) is 11.6 Å². The van der Waals surface area contributed by atoms with Crippen molar-refractivity contribution in [2.45, 2.75) is 25.3 Å². The van der Waals surface area contributed by atoms with Crippen LogP contribution in [0.1, 0.15) is 30.1 Å². The van der Waals surface area contributed by atoms with Gasteiger partial charge in [0.05, 0.1) is 18.2 Å². The molecular formula is C20H23FN2O2. The molecule has 0 aliphatic heterocycles. The lowest BCUT2D eigenvalue weighted by atomic mass is 9.95. The molecule has 1 saturated carbocycles. The minimum absolute atomic E-state index is 0.0394. The second kappa shape index (κ2) is 6.84. The van der Waals surface area contributed by atoms with Crippen LogP contribution in [0.2, 0.25) is 0 Å². The number of benzene rings is 2. The quantitative estimate of drug-likeness (QED) is 0.846. The van der Waals surface area contributed by atoms with E-state index in [0.29, 0.717) is 18.0 Å². The van der Waals surface area contributed by atoms with Crippen LogP contribution in [-0.4, -0.2) is 25.1 Å². The first-order valence-corrected chi connectivity index (χ1v) is 8.43. The van der Waals surface area contributed by atoms with Crippen LogP contribution in [0.15, 0.2) is 42.5 Å². The van der Waals surface area contributed by atoms with Gasteiger partial charge in [0.15, 0.2) is 0 Å². The van der Waals surface area contributed by atoms with E-state index in [4.69, 9.17) is 10.5 Å².